The van der Waals surface area contributed by atoms with E-state index in [0.29, 0.717) is 0 Å². The molecule has 2 aromatic carbocycles. The molecule has 0 heterocycles. The van der Waals surface area contributed by atoms with Crippen molar-refractivity contribution in [2.45, 2.75) is 32.2 Å². The minimum absolute atomic E-state index is 0.817. The van der Waals surface area contributed by atoms with Gasteiger partial charge < -0.3 is 5.32 Å². The molecule has 0 aliphatic heterocycles. The molecule has 0 atom stereocenters. The van der Waals surface area contributed by atoms with Gasteiger partial charge in [0, 0.05) is 19.0 Å². The van der Waals surface area contributed by atoms with Crippen molar-refractivity contribution in [1.82, 2.24) is 5.32 Å². The van der Waals surface area contributed by atoms with Crippen LogP contribution in [-0.2, 0) is 13.0 Å². The first-order valence-electron chi connectivity index (χ1n) is 7.24. The predicted molar refractivity (Wildman–Crippen MR) is 85.1 cm³/mol. The van der Waals surface area contributed by atoms with E-state index in [2.05, 4.69) is 59.7 Å². The maximum atomic E-state index is 3.18. The van der Waals surface area contributed by atoms with Gasteiger partial charge in [0.2, 0.25) is 0 Å². The molecule has 0 bridgehead atoms. The third-order valence-corrected chi connectivity index (χ3v) is 3.17. The van der Waals surface area contributed by atoms with E-state index in [0.717, 1.165) is 25.8 Å². The molecule has 0 amide bonds. The molecule has 0 unspecified atom stereocenters. The largest absolute Gasteiger partial charge is 0.341 e. The Morgan fingerprint density at radius 2 is 1.40 bits per heavy atom. The summed E-state index contributed by atoms with van der Waals surface area (Å²) in [4.78, 5) is 0. The van der Waals surface area contributed by atoms with E-state index >= 15 is 0 Å². The Hall–Kier alpha value is -2.20. The molecule has 0 spiro atoms. The van der Waals surface area contributed by atoms with E-state index in [4.69, 9.17) is 0 Å². The van der Waals surface area contributed by atoms with Gasteiger partial charge in [-0.2, -0.15) is 0 Å². The fourth-order valence-corrected chi connectivity index (χ4v) is 2.05. The zero-order valence-corrected chi connectivity index (χ0v) is 11.8. The fraction of sp³-hybridized carbons (Fsp3) is 0.263. The van der Waals surface area contributed by atoms with Gasteiger partial charge in [-0.05, 0) is 30.4 Å². The van der Waals surface area contributed by atoms with Gasteiger partial charge in [-0.1, -0.05) is 66.6 Å². The predicted octanol–water partition coefficient (Wildman–Crippen LogP) is 4.15. The van der Waals surface area contributed by atoms with Gasteiger partial charge in [0.15, 0.2) is 0 Å². The van der Waals surface area contributed by atoms with Crippen molar-refractivity contribution in [3.8, 4) is 12.0 Å². The lowest BCUT2D eigenvalue weighted by Gasteiger charge is -1.99. The molecule has 0 aromatic heterocycles. The van der Waals surface area contributed by atoms with Gasteiger partial charge in [0.25, 0.3) is 0 Å². The van der Waals surface area contributed by atoms with Crippen LogP contribution in [0.5, 0.6) is 0 Å². The second-order valence-electron chi connectivity index (χ2n) is 4.83. The van der Waals surface area contributed by atoms with Crippen LogP contribution in [0.3, 0.4) is 0 Å². The Kier molecular flexibility index (Phi) is 6.27. The lowest BCUT2D eigenvalue weighted by molar-refractivity contribution is 0.755. The summed E-state index contributed by atoms with van der Waals surface area (Å²) in [5.74, 6) is 3.18. The number of unbranched alkanes of at least 4 members (excludes halogenated alkanes) is 2. The summed E-state index contributed by atoms with van der Waals surface area (Å²) in [6.07, 6.45) is 4.49. The van der Waals surface area contributed by atoms with Crippen LogP contribution in [0.15, 0.2) is 60.7 Å². The number of hydrogen-bond acceptors (Lipinski definition) is 1. The Balaban J connectivity index is 1.54. The zero-order chi connectivity index (χ0) is 13.9. The van der Waals surface area contributed by atoms with Crippen LogP contribution in [0.4, 0.5) is 0 Å². The zero-order valence-electron chi connectivity index (χ0n) is 11.8. The summed E-state index contributed by atoms with van der Waals surface area (Å²) in [7, 11) is 0. The molecule has 2 aromatic rings. The van der Waals surface area contributed by atoms with Crippen molar-refractivity contribution in [3.05, 3.63) is 71.8 Å². The van der Waals surface area contributed by atoms with E-state index in [-0.39, 0.29) is 0 Å². The van der Waals surface area contributed by atoms with Crippen molar-refractivity contribution in [2.24, 2.45) is 0 Å². The van der Waals surface area contributed by atoms with Crippen LogP contribution in [-0.4, -0.2) is 0 Å². The fourth-order valence-electron chi connectivity index (χ4n) is 2.05. The first-order valence-corrected chi connectivity index (χ1v) is 7.24. The molecule has 102 valence electrons. The molecule has 20 heavy (non-hydrogen) atoms. The Labute approximate surface area is 122 Å². The van der Waals surface area contributed by atoms with E-state index in [1.807, 2.05) is 18.2 Å². The molecule has 0 aliphatic rings. The highest BCUT2D eigenvalue weighted by molar-refractivity contribution is 5.16. The summed E-state index contributed by atoms with van der Waals surface area (Å²) in [6.45, 7) is 0.817. The average molecular weight is 263 g/mol. The summed E-state index contributed by atoms with van der Waals surface area (Å²) >= 11 is 0. The number of benzene rings is 2. The molecule has 0 fully saturated rings. The van der Waals surface area contributed by atoms with Gasteiger partial charge >= 0.3 is 0 Å². The molecular weight excluding hydrogens is 242 g/mol. The molecule has 1 heteroatoms. The standard InChI is InChI=1S/C19H21N/c1(5-11-18-12-6-3-7-13-18)2-10-16-20-17-19-14-8-4-9-15-19/h3-4,6-9,12-15,20H,1-2,5,11,17H2. The van der Waals surface area contributed by atoms with Crippen molar-refractivity contribution in [3.63, 3.8) is 0 Å². The molecule has 1 N–H and O–H groups in total. The third kappa shape index (κ3) is 5.63. The van der Waals surface area contributed by atoms with Crippen LogP contribution in [0, 0.1) is 12.0 Å². The maximum Gasteiger partial charge on any atom is 0.0480 e. The topological polar surface area (TPSA) is 12.0 Å². The van der Waals surface area contributed by atoms with E-state index in [1.54, 1.807) is 0 Å². The normalized spacial score (nSPS) is 9.60. The lowest BCUT2D eigenvalue weighted by atomic mass is 10.1. The minimum Gasteiger partial charge on any atom is -0.341 e. The summed E-state index contributed by atoms with van der Waals surface area (Å²) < 4.78 is 0. The number of nitrogens with one attached hydrogen (secondary N) is 1. The SMILES string of the molecule is C(#CNCc1ccccc1)CCCCc1ccccc1. The average Bonchev–Trinajstić information content (AvgIpc) is 2.52. The highest BCUT2D eigenvalue weighted by Crippen LogP contribution is 2.05. The molecule has 1 nitrogen and oxygen atoms in total. The van der Waals surface area contributed by atoms with Gasteiger partial charge in [0.05, 0.1) is 0 Å². The van der Waals surface area contributed by atoms with E-state index in [9.17, 15) is 0 Å². The smallest absolute Gasteiger partial charge is 0.0480 e. The summed E-state index contributed by atoms with van der Waals surface area (Å²) in [6, 6.07) is 24.0. The Morgan fingerprint density at radius 1 is 0.750 bits per heavy atom. The van der Waals surface area contributed by atoms with Gasteiger partial charge in [-0.25, -0.2) is 0 Å². The van der Waals surface area contributed by atoms with Crippen molar-refractivity contribution in [1.29, 1.82) is 0 Å². The van der Waals surface area contributed by atoms with Gasteiger partial charge in [0.1, 0.15) is 0 Å². The van der Waals surface area contributed by atoms with Crippen LogP contribution < -0.4 is 5.32 Å². The minimum atomic E-state index is 0.817. The second-order valence-corrected chi connectivity index (χ2v) is 4.83. The maximum absolute atomic E-state index is 3.18. The highest BCUT2D eigenvalue weighted by atomic mass is 14.8. The van der Waals surface area contributed by atoms with E-state index < -0.39 is 0 Å². The van der Waals surface area contributed by atoms with E-state index in [1.165, 1.54) is 17.5 Å². The van der Waals surface area contributed by atoms with Gasteiger partial charge in [-0.15, -0.1) is 0 Å². The van der Waals surface area contributed by atoms with Crippen molar-refractivity contribution < 1.29 is 0 Å². The Morgan fingerprint density at radius 3 is 2.10 bits per heavy atom. The number of aryl methyl sites for hydroxylation is 1. The molecule has 2 rings (SSSR count). The van der Waals surface area contributed by atoms with Crippen LogP contribution in [0.2, 0.25) is 0 Å². The van der Waals surface area contributed by atoms with Crippen molar-refractivity contribution in [2.75, 3.05) is 0 Å². The number of rotatable bonds is 6. The quantitative estimate of drug-likeness (QED) is 0.469. The van der Waals surface area contributed by atoms with Crippen molar-refractivity contribution >= 4 is 0 Å². The molecule has 0 saturated carbocycles. The summed E-state index contributed by atoms with van der Waals surface area (Å²) in [5, 5.41) is 3.15. The third-order valence-electron chi connectivity index (χ3n) is 3.17. The first-order chi connectivity index (χ1) is 9.95. The second kappa shape index (κ2) is 8.82. The first kappa shape index (κ1) is 14.2. The molecule has 0 aliphatic carbocycles. The lowest BCUT2D eigenvalue weighted by Crippen LogP contribution is -2.04. The van der Waals surface area contributed by atoms with Crippen LogP contribution in [0.1, 0.15) is 30.4 Å². The molecular formula is C19H21N. The Bertz CT molecular complexity index is 534. The van der Waals surface area contributed by atoms with Crippen LogP contribution >= 0.6 is 0 Å². The van der Waals surface area contributed by atoms with Crippen LogP contribution in [0.25, 0.3) is 0 Å². The highest BCUT2D eigenvalue weighted by Gasteiger charge is 1.91. The number of hydrogen-bond donors (Lipinski definition) is 1. The molecule has 0 radical (unpaired) electrons. The monoisotopic (exact) mass is 263 g/mol. The van der Waals surface area contributed by atoms with Gasteiger partial charge in [-0.3, -0.25) is 0 Å². The summed E-state index contributed by atoms with van der Waals surface area (Å²) in [5.41, 5.74) is 2.69. The molecule has 0 saturated heterocycles.